The first-order valence-corrected chi connectivity index (χ1v) is 3.44. The third-order valence-electron chi connectivity index (χ3n) is 1.22. The van der Waals surface area contributed by atoms with Crippen LogP contribution in [-0.4, -0.2) is 32.5 Å². The average Bonchev–Trinajstić information content (AvgIpc) is 1.96. The van der Waals surface area contributed by atoms with E-state index in [2.05, 4.69) is 16.6 Å². The highest BCUT2D eigenvalue weighted by atomic mass is 19.4. The van der Waals surface area contributed by atoms with Crippen molar-refractivity contribution in [1.29, 1.82) is 0 Å². The summed E-state index contributed by atoms with van der Waals surface area (Å²) in [6, 6.07) is -0.229. The van der Waals surface area contributed by atoms with Crippen molar-refractivity contribution in [2.75, 3.05) is 20.3 Å². The number of hydrogen-bond donors (Lipinski definition) is 1. The van der Waals surface area contributed by atoms with Crippen molar-refractivity contribution >= 4 is 0 Å². The lowest BCUT2D eigenvalue weighted by atomic mass is 10.3. The first kappa shape index (κ1) is 11.4. The van der Waals surface area contributed by atoms with E-state index in [1.165, 1.54) is 6.08 Å². The summed E-state index contributed by atoms with van der Waals surface area (Å²) in [6.07, 6.45) is -2.75. The Kier molecular flexibility index (Phi) is 4.92. The van der Waals surface area contributed by atoms with Crippen molar-refractivity contribution in [3.05, 3.63) is 12.7 Å². The van der Waals surface area contributed by atoms with Gasteiger partial charge in [-0.2, -0.15) is 13.2 Å². The van der Waals surface area contributed by atoms with E-state index in [0.29, 0.717) is 0 Å². The van der Waals surface area contributed by atoms with Gasteiger partial charge in [0.2, 0.25) is 0 Å². The molecule has 0 spiro atoms. The van der Waals surface area contributed by atoms with E-state index in [0.717, 1.165) is 0 Å². The third-order valence-corrected chi connectivity index (χ3v) is 1.22. The highest BCUT2D eigenvalue weighted by Gasteiger charge is 2.27. The number of halogens is 3. The molecule has 0 bridgehead atoms. The second kappa shape index (κ2) is 5.16. The molecule has 0 radical (unpaired) electrons. The van der Waals surface area contributed by atoms with Gasteiger partial charge in [-0.15, -0.1) is 6.58 Å². The largest absolute Gasteiger partial charge is 0.411 e. The summed E-state index contributed by atoms with van der Waals surface area (Å²) in [7, 11) is 1.63. The van der Waals surface area contributed by atoms with Gasteiger partial charge in [0, 0.05) is 6.04 Å². The molecule has 0 fully saturated rings. The number of ether oxygens (including phenoxy) is 1. The summed E-state index contributed by atoms with van der Waals surface area (Å²) in [5.74, 6) is 0. The Morgan fingerprint density at radius 2 is 2.17 bits per heavy atom. The van der Waals surface area contributed by atoms with Gasteiger partial charge in [0.1, 0.15) is 6.61 Å². The molecular weight excluding hydrogens is 171 g/mol. The van der Waals surface area contributed by atoms with E-state index in [4.69, 9.17) is 0 Å². The van der Waals surface area contributed by atoms with Gasteiger partial charge in [0.15, 0.2) is 0 Å². The maximum atomic E-state index is 11.5. The normalized spacial score (nSPS) is 14.3. The average molecular weight is 183 g/mol. The van der Waals surface area contributed by atoms with Crippen LogP contribution in [0.25, 0.3) is 0 Å². The van der Waals surface area contributed by atoms with Crippen LogP contribution in [0.5, 0.6) is 0 Å². The molecule has 0 aromatic heterocycles. The lowest BCUT2D eigenvalue weighted by molar-refractivity contribution is -0.174. The van der Waals surface area contributed by atoms with E-state index in [-0.39, 0.29) is 12.6 Å². The van der Waals surface area contributed by atoms with Gasteiger partial charge in [-0.05, 0) is 7.05 Å². The van der Waals surface area contributed by atoms with Gasteiger partial charge >= 0.3 is 6.18 Å². The molecule has 1 atom stereocenters. The molecule has 0 aliphatic carbocycles. The summed E-state index contributed by atoms with van der Waals surface area (Å²) in [5, 5.41) is 2.73. The fourth-order valence-electron chi connectivity index (χ4n) is 0.571. The van der Waals surface area contributed by atoms with Crippen LogP contribution >= 0.6 is 0 Å². The summed E-state index contributed by atoms with van der Waals surface area (Å²) < 4.78 is 39.0. The summed E-state index contributed by atoms with van der Waals surface area (Å²) >= 11 is 0. The molecule has 0 aromatic carbocycles. The summed E-state index contributed by atoms with van der Waals surface area (Å²) in [5.41, 5.74) is 0. The fraction of sp³-hybridized carbons (Fsp3) is 0.714. The molecule has 0 aliphatic heterocycles. The van der Waals surface area contributed by atoms with Crippen LogP contribution < -0.4 is 5.32 Å². The maximum Gasteiger partial charge on any atom is 0.411 e. The van der Waals surface area contributed by atoms with Gasteiger partial charge in [0.25, 0.3) is 0 Å². The fourth-order valence-corrected chi connectivity index (χ4v) is 0.571. The van der Waals surface area contributed by atoms with Crippen LogP contribution in [0.1, 0.15) is 0 Å². The zero-order valence-electron chi connectivity index (χ0n) is 6.82. The van der Waals surface area contributed by atoms with Crippen LogP contribution in [0.3, 0.4) is 0 Å². The van der Waals surface area contributed by atoms with Crippen molar-refractivity contribution in [3.63, 3.8) is 0 Å². The Hall–Kier alpha value is -0.550. The molecule has 0 rings (SSSR count). The summed E-state index contributed by atoms with van der Waals surface area (Å²) in [6.45, 7) is 2.20. The van der Waals surface area contributed by atoms with Crippen LogP contribution in [0, 0.1) is 0 Å². The highest BCUT2D eigenvalue weighted by Crippen LogP contribution is 2.14. The smallest absolute Gasteiger partial charge is 0.370 e. The second-order valence-corrected chi connectivity index (χ2v) is 2.26. The number of nitrogens with one attached hydrogen (secondary N) is 1. The van der Waals surface area contributed by atoms with Crippen LogP contribution in [0.4, 0.5) is 13.2 Å². The van der Waals surface area contributed by atoms with Gasteiger partial charge in [-0.3, -0.25) is 0 Å². The van der Waals surface area contributed by atoms with Gasteiger partial charge < -0.3 is 10.1 Å². The number of rotatable bonds is 5. The minimum absolute atomic E-state index is 0.0144. The molecule has 0 heterocycles. The molecule has 0 aromatic rings. The molecule has 0 saturated heterocycles. The lowest BCUT2D eigenvalue weighted by Crippen LogP contribution is -2.30. The highest BCUT2D eigenvalue weighted by molar-refractivity contribution is 4.83. The predicted octanol–water partition coefficient (Wildman–Crippen LogP) is 1.34. The van der Waals surface area contributed by atoms with Crippen molar-refractivity contribution in [2.24, 2.45) is 0 Å². The standard InChI is InChI=1S/C7H12F3NO/c1-3-6(11-2)4-12-5-7(8,9)10/h3,6,11H,1,4-5H2,2H3. The number of likely N-dealkylation sites (N-methyl/N-ethyl adjacent to an activating group) is 1. The summed E-state index contributed by atoms with van der Waals surface area (Å²) in [4.78, 5) is 0. The number of hydrogen-bond acceptors (Lipinski definition) is 2. The van der Waals surface area contributed by atoms with Crippen molar-refractivity contribution < 1.29 is 17.9 Å². The molecule has 2 nitrogen and oxygen atoms in total. The molecule has 72 valence electrons. The van der Waals surface area contributed by atoms with E-state index >= 15 is 0 Å². The Bertz CT molecular complexity index is 135. The van der Waals surface area contributed by atoms with Gasteiger partial charge in [-0.1, -0.05) is 6.08 Å². The van der Waals surface area contributed by atoms with Crippen molar-refractivity contribution in [2.45, 2.75) is 12.2 Å². The topological polar surface area (TPSA) is 21.3 Å². The first-order valence-electron chi connectivity index (χ1n) is 3.44. The van der Waals surface area contributed by atoms with Gasteiger partial charge in [0.05, 0.1) is 6.61 Å². The first-order chi connectivity index (χ1) is 5.49. The maximum absolute atomic E-state index is 11.5. The molecule has 0 aliphatic rings. The minimum Gasteiger partial charge on any atom is -0.370 e. The van der Waals surface area contributed by atoms with Crippen LogP contribution in [0.2, 0.25) is 0 Å². The minimum atomic E-state index is -4.25. The van der Waals surface area contributed by atoms with Crippen molar-refractivity contribution in [3.8, 4) is 0 Å². The molecule has 0 saturated carbocycles. The monoisotopic (exact) mass is 183 g/mol. The molecule has 12 heavy (non-hydrogen) atoms. The predicted molar refractivity (Wildman–Crippen MR) is 39.9 cm³/mol. The van der Waals surface area contributed by atoms with E-state index in [9.17, 15) is 13.2 Å². The van der Waals surface area contributed by atoms with Gasteiger partial charge in [-0.25, -0.2) is 0 Å². The van der Waals surface area contributed by atoms with Crippen molar-refractivity contribution in [1.82, 2.24) is 5.32 Å². The molecule has 5 heteroatoms. The van der Waals surface area contributed by atoms with E-state index < -0.39 is 12.8 Å². The Balaban J connectivity index is 3.48. The zero-order chi connectivity index (χ0) is 9.61. The van der Waals surface area contributed by atoms with Crippen LogP contribution in [0.15, 0.2) is 12.7 Å². The number of alkyl halides is 3. The van der Waals surface area contributed by atoms with E-state index in [1.54, 1.807) is 7.05 Å². The Morgan fingerprint density at radius 3 is 2.50 bits per heavy atom. The molecule has 1 N–H and O–H groups in total. The zero-order valence-corrected chi connectivity index (χ0v) is 6.82. The SMILES string of the molecule is C=CC(COCC(F)(F)F)NC. The Morgan fingerprint density at radius 1 is 1.58 bits per heavy atom. The quantitative estimate of drug-likeness (QED) is 0.649. The molecule has 1 unspecified atom stereocenters. The third kappa shape index (κ3) is 6.18. The second-order valence-electron chi connectivity index (χ2n) is 2.26. The Labute approximate surface area is 69.4 Å². The van der Waals surface area contributed by atoms with E-state index in [1.807, 2.05) is 0 Å². The molecular formula is C7H12F3NO. The van der Waals surface area contributed by atoms with Crippen LogP contribution in [-0.2, 0) is 4.74 Å². The lowest BCUT2D eigenvalue weighted by Gasteiger charge is -2.12. The molecule has 0 amide bonds.